The lowest BCUT2D eigenvalue weighted by molar-refractivity contribution is 0.0824. The molecule has 2 aromatic rings. The Morgan fingerprint density at radius 2 is 1.64 bits per heavy atom. The van der Waals surface area contributed by atoms with Gasteiger partial charge in [0.2, 0.25) is 0 Å². The van der Waals surface area contributed by atoms with Gasteiger partial charge in [-0.1, -0.05) is 48.5 Å². The third-order valence-electron chi connectivity index (χ3n) is 5.29. The van der Waals surface area contributed by atoms with Crippen LogP contribution in [0.4, 0.5) is 0 Å². The van der Waals surface area contributed by atoms with Crippen LogP contribution in [-0.2, 0) is 0 Å². The molecule has 2 aromatic carbocycles. The van der Waals surface area contributed by atoms with Gasteiger partial charge >= 0.3 is 0 Å². The molecule has 2 atom stereocenters. The molecule has 3 nitrogen and oxygen atoms in total. The maximum absolute atomic E-state index is 13.3. The molecule has 0 saturated carbocycles. The topological polar surface area (TPSA) is 23.6 Å². The Kier molecular flexibility index (Phi) is 4.93. The smallest absolute Gasteiger partial charge is 0.169 e. The third-order valence-corrected chi connectivity index (χ3v) is 6.75. The maximum Gasteiger partial charge on any atom is 0.169 e. The Morgan fingerprint density at radius 3 is 2.40 bits per heavy atom. The van der Waals surface area contributed by atoms with Gasteiger partial charge in [-0.3, -0.25) is 4.79 Å². The Balaban J connectivity index is 1.64. The first-order chi connectivity index (χ1) is 12.2. The average Bonchev–Trinajstić information content (AvgIpc) is 2.66. The highest BCUT2D eigenvalue weighted by Gasteiger charge is 2.38. The van der Waals surface area contributed by atoms with Crippen LogP contribution in [-0.4, -0.2) is 55.4 Å². The molecule has 2 aliphatic rings. The van der Waals surface area contributed by atoms with Crippen LogP contribution in [0.15, 0.2) is 59.5 Å². The first-order valence-corrected chi connectivity index (χ1v) is 9.86. The van der Waals surface area contributed by atoms with Crippen molar-refractivity contribution in [1.29, 1.82) is 0 Å². The number of fused-ring (bicyclic) bond motifs is 1. The fourth-order valence-corrected chi connectivity index (χ4v) is 5.15. The van der Waals surface area contributed by atoms with Gasteiger partial charge in [-0.25, -0.2) is 0 Å². The highest BCUT2D eigenvalue weighted by molar-refractivity contribution is 7.99. The Hall–Kier alpha value is -1.62. The molecule has 0 unspecified atom stereocenters. The molecule has 1 saturated heterocycles. The predicted molar refractivity (Wildman–Crippen MR) is 103 cm³/mol. The minimum absolute atomic E-state index is 0.0192. The quantitative estimate of drug-likeness (QED) is 0.842. The number of hydrogen-bond acceptors (Lipinski definition) is 4. The zero-order chi connectivity index (χ0) is 17.2. The van der Waals surface area contributed by atoms with Crippen molar-refractivity contribution in [2.45, 2.75) is 10.1 Å². The van der Waals surface area contributed by atoms with Gasteiger partial charge < -0.3 is 9.80 Å². The summed E-state index contributed by atoms with van der Waals surface area (Å²) >= 11 is 1.85. The first-order valence-electron chi connectivity index (χ1n) is 8.98. The summed E-state index contributed by atoms with van der Waals surface area (Å²) < 4.78 is 0. The van der Waals surface area contributed by atoms with Gasteiger partial charge in [0.15, 0.2) is 5.78 Å². The van der Waals surface area contributed by atoms with Crippen LogP contribution in [0.1, 0.15) is 21.2 Å². The van der Waals surface area contributed by atoms with Crippen molar-refractivity contribution < 1.29 is 4.79 Å². The molecule has 0 N–H and O–H groups in total. The number of nitrogens with zero attached hydrogens (tertiary/aromatic N) is 2. The van der Waals surface area contributed by atoms with Gasteiger partial charge in [0.05, 0.1) is 5.92 Å². The van der Waals surface area contributed by atoms with Crippen molar-refractivity contribution in [2.24, 2.45) is 5.92 Å². The number of ketones is 1. The molecule has 25 heavy (non-hydrogen) atoms. The summed E-state index contributed by atoms with van der Waals surface area (Å²) in [6.07, 6.45) is 0. The van der Waals surface area contributed by atoms with E-state index >= 15 is 0 Å². The molecule has 0 bridgehead atoms. The van der Waals surface area contributed by atoms with E-state index in [0.29, 0.717) is 5.78 Å². The lowest BCUT2D eigenvalue weighted by Gasteiger charge is -2.38. The molecule has 2 aliphatic heterocycles. The number of likely N-dealkylation sites (N-methyl/N-ethyl adjacent to an activating group) is 1. The highest BCUT2D eigenvalue weighted by atomic mass is 32.2. The lowest BCUT2D eigenvalue weighted by Crippen LogP contribution is -2.48. The molecule has 2 heterocycles. The number of piperazine rings is 1. The van der Waals surface area contributed by atoms with Crippen LogP contribution in [0, 0.1) is 5.92 Å². The number of Topliss-reactive ketones (excluding diaryl/α,β-unsaturated/α-hetero) is 1. The van der Waals surface area contributed by atoms with E-state index in [2.05, 4.69) is 47.2 Å². The number of carbonyl (C=O) groups is 1. The van der Waals surface area contributed by atoms with Crippen LogP contribution in [0.3, 0.4) is 0 Å². The molecular weight excluding hydrogens is 328 g/mol. The Labute approximate surface area is 154 Å². The largest absolute Gasteiger partial charge is 0.304 e. The van der Waals surface area contributed by atoms with E-state index in [0.717, 1.165) is 43.2 Å². The third kappa shape index (κ3) is 3.52. The zero-order valence-corrected chi connectivity index (χ0v) is 15.4. The number of benzene rings is 2. The van der Waals surface area contributed by atoms with Gasteiger partial charge in [-0.05, 0) is 18.7 Å². The van der Waals surface area contributed by atoms with Gasteiger partial charge in [-0.2, -0.15) is 0 Å². The second-order valence-electron chi connectivity index (χ2n) is 7.02. The van der Waals surface area contributed by atoms with Crippen molar-refractivity contribution in [3.63, 3.8) is 0 Å². The summed E-state index contributed by atoms with van der Waals surface area (Å²) in [5.41, 5.74) is 2.16. The molecule has 0 amide bonds. The molecule has 0 spiro atoms. The van der Waals surface area contributed by atoms with E-state index in [1.165, 1.54) is 5.56 Å². The van der Waals surface area contributed by atoms with Gasteiger partial charge in [0.25, 0.3) is 0 Å². The van der Waals surface area contributed by atoms with E-state index in [-0.39, 0.29) is 11.2 Å². The zero-order valence-electron chi connectivity index (χ0n) is 14.6. The van der Waals surface area contributed by atoms with E-state index < -0.39 is 0 Å². The first kappa shape index (κ1) is 16.8. The molecule has 4 rings (SSSR count). The molecule has 4 heteroatoms. The summed E-state index contributed by atoms with van der Waals surface area (Å²) in [4.78, 5) is 19.2. The van der Waals surface area contributed by atoms with Crippen molar-refractivity contribution >= 4 is 17.5 Å². The molecule has 130 valence electrons. The summed E-state index contributed by atoms with van der Waals surface area (Å²) in [6, 6.07) is 18.6. The number of rotatable bonds is 3. The van der Waals surface area contributed by atoms with Crippen LogP contribution in [0.2, 0.25) is 0 Å². The highest BCUT2D eigenvalue weighted by Crippen LogP contribution is 2.48. The fourth-order valence-electron chi connectivity index (χ4n) is 3.76. The minimum Gasteiger partial charge on any atom is -0.304 e. The van der Waals surface area contributed by atoms with E-state index in [9.17, 15) is 4.79 Å². The maximum atomic E-state index is 13.3. The molecular formula is C21H24N2OS. The Morgan fingerprint density at radius 1 is 0.960 bits per heavy atom. The monoisotopic (exact) mass is 352 g/mol. The van der Waals surface area contributed by atoms with Crippen LogP contribution in [0.25, 0.3) is 0 Å². The van der Waals surface area contributed by atoms with Crippen molar-refractivity contribution in [3.05, 3.63) is 65.7 Å². The second-order valence-corrected chi connectivity index (χ2v) is 8.20. The normalized spacial score (nSPS) is 24.9. The molecule has 1 fully saturated rings. The molecule has 0 aromatic heterocycles. The van der Waals surface area contributed by atoms with E-state index in [1.54, 1.807) is 0 Å². The summed E-state index contributed by atoms with van der Waals surface area (Å²) in [5, 5.41) is 0.197. The fraction of sp³-hybridized carbons (Fsp3) is 0.381. The summed E-state index contributed by atoms with van der Waals surface area (Å²) in [5.74, 6) is 0.327. The van der Waals surface area contributed by atoms with Crippen molar-refractivity contribution in [1.82, 2.24) is 9.80 Å². The lowest BCUT2D eigenvalue weighted by atomic mass is 9.89. The number of carbonyl (C=O) groups excluding carboxylic acids is 1. The summed E-state index contributed by atoms with van der Waals surface area (Å²) in [6.45, 7) is 5.12. The SMILES string of the molecule is CN1CCN(C[C@@H]2C(=O)c3ccccc3S[C@@H]2c2ccccc2)CC1. The number of hydrogen-bond donors (Lipinski definition) is 0. The molecule has 0 radical (unpaired) electrons. The van der Waals surface area contributed by atoms with E-state index in [1.807, 2.05) is 36.0 Å². The standard InChI is InChI=1S/C21H24N2OS/c1-22-11-13-23(14-12-22)15-18-20(24)17-9-5-6-10-19(17)25-21(18)16-7-3-2-4-8-16/h2-10,18,21H,11-15H2,1H3/t18-,21-/m1/s1. The van der Waals surface area contributed by atoms with Crippen molar-refractivity contribution in [2.75, 3.05) is 39.8 Å². The second kappa shape index (κ2) is 7.32. The summed E-state index contributed by atoms with van der Waals surface area (Å²) in [7, 11) is 2.17. The van der Waals surface area contributed by atoms with Crippen LogP contribution >= 0.6 is 11.8 Å². The van der Waals surface area contributed by atoms with Gasteiger partial charge in [0, 0.05) is 48.4 Å². The van der Waals surface area contributed by atoms with Gasteiger partial charge in [0.1, 0.15) is 0 Å². The van der Waals surface area contributed by atoms with Crippen molar-refractivity contribution in [3.8, 4) is 0 Å². The van der Waals surface area contributed by atoms with E-state index in [4.69, 9.17) is 0 Å². The minimum atomic E-state index is 0.0192. The average molecular weight is 353 g/mol. The van der Waals surface area contributed by atoms with Crippen LogP contribution < -0.4 is 0 Å². The Bertz CT molecular complexity index is 741. The molecule has 0 aliphatic carbocycles. The predicted octanol–water partition coefficient (Wildman–Crippen LogP) is 3.58. The number of thioether (sulfide) groups is 1. The van der Waals surface area contributed by atoms with Crippen LogP contribution in [0.5, 0.6) is 0 Å². The van der Waals surface area contributed by atoms with Gasteiger partial charge in [-0.15, -0.1) is 11.8 Å².